The number of hydrogen-bond acceptors (Lipinski definition) is 2. The van der Waals surface area contributed by atoms with Gasteiger partial charge in [-0.25, -0.2) is 4.39 Å². The SMILES string of the molecule is CC(C)NCc1cc(F)cc(OCCCF)c1. The van der Waals surface area contributed by atoms with Crippen LogP contribution in [0.4, 0.5) is 8.78 Å². The third-order valence-corrected chi connectivity index (χ3v) is 2.19. The Bertz CT molecular complexity index is 342. The van der Waals surface area contributed by atoms with Crippen molar-refractivity contribution in [3.8, 4) is 5.75 Å². The van der Waals surface area contributed by atoms with E-state index in [4.69, 9.17) is 4.74 Å². The van der Waals surface area contributed by atoms with Crippen LogP contribution in [0.15, 0.2) is 18.2 Å². The average molecular weight is 243 g/mol. The molecule has 0 aliphatic rings. The molecular formula is C13H19F2NO. The molecule has 0 aliphatic heterocycles. The van der Waals surface area contributed by atoms with Crippen molar-refractivity contribution >= 4 is 0 Å². The van der Waals surface area contributed by atoms with Gasteiger partial charge in [-0.2, -0.15) is 0 Å². The summed E-state index contributed by atoms with van der Waals surface area (Å²) >= 11 is 0. The van der Waals surface area contributed by atoms with Gasteiger partial charge >= 0.3 is 0 Å². The fourth-order valence-electron chi connectivity index (χ4n) is 1.37. The van der Waals surface area contributed by atoms with E-state index in [-0.39, 0.29) is 12.4 Å². The molecule has 2 nitrogen and oxygen atoms in total. The Morgan fingerprint density at radius 2 is 2.06 bits per heavy atom. The van der Waals surface area contributed by atoms with E-state index in [0.29, 0.717) is 24.8 Å². The number of nitrogens with one attached hydrogen (secondary N) is 1. The molecule has 1 N–H and O–H groups in total. The summed E-state index contributed by atoms with van der Waals surface area (Å²) in [4.78, 5) is 0. The molecule has 96 valence electrons. The van der Waals surface area contributed by atoms with Crippen LogP contribution >= 0.6 is 0 Å². The first kappa shape index (κ1) is 13.9. The number of benzene rings is 1. The quantitative estimate of drug-likeness (QED) is 0.743. The summed E-state index contributed by atoms with van der Waals surface area (Å²) in [6.45, 7) is 4.50. The molecule has 0 radical (unpaired) electrons. The maximum Gasteiger partial charge on any atom is 0.127 e. The number of ether oxygens (including phenoxy) is 1. The lowest BCUT2D eigenvalue weighted by Gasteiger charge is -2.10. The van der Waals surface area contributed by atoms with Gasteiger partial charge in [0.25, 0.3) is 0 Å². The van der Waals surface area contributed by atoms with E-state index in [1.54, 1.807) is 6.07 Å². The minimum absolute atomic E-state index is 0.275. The summed E-state index contributed by atoms with van der Waals surface area (Å²) in [6.07, 6.45) is 0.329. The fourth-order valence-corrected chi connectivity index (χ4v) is 1.37. The molecule has 0 spiro atoms. The minimum Gasteiger partial charge on any atom is -0.493 e. The van der Waals surface area contributed by atoms with Crippen LogP contribution in [-0.4, -0.2) is 19.3 Å². The van der Waals surface area contributed by atoms with Crippen molar-refractivity contribution in [2.45, 2.75) is 32.9 Å². The monoisotopic (exact) mass is 243 g/mol. The largest absolute Gasteiger partial charge is 0.493 e. The number of halogens is 2. The standard InChI is InChI=1S/C13H19F2NO/c1-10(2)16-9-11-6-12(15)8-13(7-11)17-5-3-4-14/h6-8,10,16H,3-5,9H2,1-2H3. The molecule has 0 fully saturated rings. The number of hydrogen-bond donors (Lipinski definition) is 1. The lowest BCUT2D eigenvalue weighted by atomic mass is 10.2. The van der Waals surface area contributed by atoms with E-state index < -0.39 is 6.67 Å². The van der Waals surface area contributed by atoms with Gasteiger partial charge in [0.2, 0.25) is 0 Å². The average Bonchev–Trinajstić information content (AvgIpc) is 2.26. The zero-order valence-electron chi connectivity index (χ0n) is 10.3. The molecule has 1 aromatic carbocycles. The second-order valence-electron chi connectivity index (χ2n) is 4.22. The molecule has 0 atom stereocenters. The molecule has 0 aliphatic carbocycles. The molecule has 0 unspecified atom stereocenters. The van der Waals surface area contributed by atoms with Gasteiger partial charge in [-0.3, -0.25) is 4.39 Å². The smallest absolute Gasteiger partial charge is 0.127 e. The van der Waals surface area contributed by atoms with E-state index >= 15 is 0 Å². The highest BCUT2D eigenvalue weighted by Gasteiger charge is 2.03. The summed E-state index contributed by atoms with van der Waals surface area (Å²) in [5.74, 6) is 0.127. The van der Waals surface area contributed by atoms with E-state index in [9.17, 15) is 8.78 Å². The molecular weight excluding hydrogens is 224 g/mol. The fraction of sp³-hybridized carbons (Fsp3) is 0.538. The second kappa shape index (κ2) is 7.22. The van der Waals surface area contributed by atoms with Crippen molar-refractivity contribution in [1.29, 1.82) is 0 Å². The van der Waals surface area contributed by atoms with Crippen LogP contribution in [0.1, 0.15) is 25.8 Å². The Kier molecular flexibility index (Phi) is 5.91. The van der Waals surface area contributed by atoms with Crippen LogP contribution in [0.2, 0.25) is 0 Å². The van der Waals surface area contributed by atoms with Crippen molar-refractivity contribution in [3.05, 3.63) is 29.6 Å². The maximum absolute atomic E-state index is 13.3. The predicted octanol–water partition coefficient (Wildman–Crippen LogP) is 3.06. The lowest BCUT2D eigenvalue weighted by molar-refractivity contribution is 0.288. The number of alkyl halides is 1. The molecule has 1 aromatic rings. The Labute approximate surface area is 101 Å². The van der Waals surface area contributed by atoms with Gasteiger partial charge in [0, 0.05) is 25.1 Å². The number of rotatable bonds is 7. The zero-order chi connectivity index (χ0) is 12.7. The third-order valence-electron chi connectivity index (χ3n) is 2.19. The molecule has 0 bridgehead atoms. The highest BCUT2D eigenvalue weighted by molar-refractivity contribution is 5.29. The molecule has 0 heterocycles. The first-order chi connectivity index (χ1) is 8.11. The summed E-state index contributed by atoms with van der Waals surface area (Å²) in [7, 11) is 0. The van der Waals surface area contributed by atoms with Gasteiger partial charge in [0.1, 0.15) is 11.6 Å². The summed E-state index contributed by atoms with van der Waals surface area (Å²) < 4.78 is 30.4. The molecule has 0 saturated carbocycles. The highest BCUT2D eigenvalue weighted by atomic mass is 19.1. The van der Waals surface area contributed by atoms with Crippen LogP contribution in [0.25, 0.3) is 0 Å². The van der Waals surface area contributed by atoms with E-state index in [1.807, 2.05) is 13.8 Å². The van der Waals surface area contributed by atoms with Crippen molar-refractivity contribution in [1.82, 2.24) is 5.32 Å². The first-order valence-electron chi connectivity index (χ1n) is 5.83. The van der Waals surface area contributed by atoms with E-state index in [1.165, 1.54) is 12.1 Å². The van der Waals surface area contributed by atoms with Crippen LogP contribution in [0, 0.1) is 5.82 Å². The zero-order valence-corrected chi connectivity index (χ0v) is 10.3. The van der Waals surface area contributed by atoms with Crippen molar-refractivity contribution in [2.75, 3.05) is 13.3 Å². The Balaban J connectivity index is 2.59. The van der Waals surface area contributed by atoms with Gasteiger partial charge in [-0.05, 0) is 17.7 Å². The minimum atomic E-state index is -0.420. The molecule has 4 heteroatoms. The molecule has 1 rings (SSSR count). The Hall–Kier alpha value is -1.16. The maximum atomic E-state index is 13.3. The molecule has 17 heavy (non-hydrogen) atoms. The van der Waals surface area contributed by atoms with E-state index in [2.05, 4.69) is 5.32 Å². The van der Waals surface area contributed by atoms with Crippen LogP contribution in [0.5, 0.6) is 5.75 Å². The van der Waals surface area contributed by atoms with Gasteiger partial charge in [0.15, 0.2) is 0 Å². The van der Waals surface area contributed by atoms with Gasteiger partial charge in [0.05, 0.1) is 13.3 Å². The van der Waals surface area contributed by atoms with Gasteiger partial charge < -0.3 is 10.1 Å². The topological polar surface area (TPSA) is 21.3 Å². The lowest BCUT2D eigenvalue weighted by Crippen LogP contribution is -2.21. The van der Waals surface area contributed by atoms with Gasteiger partial charge in [-0.15, -0.1) is 0 Å². The van der Waals surface area contributed by atoms with E-state index in [0.717, 1.165) is 5.56 Å². The highest BCUT2D eigenvalue weighted by Crippen LogP contribution is 2.16. The normalized spacial score (nSPS) is 10.9. The molecule has 0 saturated heterocycles. The van der Waals surface area contributed by atoms with Gasteiger partial charge in [-0.1, -0.05) is 13.8 Å². The first-order valence-corrected chi connectivity index (χ1v) is 5.83. The summed E-state index contributed by atoms with van der Waals surface area (Å²) in [5, 5.41) is 3.20. The van der Waals surface area contributed by atoms with Crippen molar-refractivity contribution < 1.29 is 13.5 Å². The third kappa shape index (κ3) is 5.63. The van der Waals surface area contributed by atoms with Crippen LogP contribution < -0.4 is 10.1 Å². The van der Waals surface area contributed by atoms with Crippen LogP contribution in [-0.2, 0) is 6.54 Å². The predicted molar refractivity (Wildman–Crippen MR) is 64.5 cm³/mol. The Morgan fingerprint density at radius 3 is 2.71 bits per heavy atom. The Morgan fingerprint density at radius 1 is 1.29 bits per heavy atom. The van der Waals surface area contributed by atoms with Crippen molar-refractivity contribution in [2.24, 2.45) is 0 Å². The second-order valence-corrected chi connectivity index (χ2v) is 4.22. The summed E-state index contributed by atoms with van der Waals surface area (Å²) in [5.41, 5.74) is 0.828. The summed E-state index contributed by atoms with van der Waals surface area (Å²) in [6, 6.07) is 4.90. The van der Waals surface area contributed by atoms with Crippen LogP contribution in [0.3, 0.4) is 0 Å². The molecule has 0 amide bonds. The van der Waals surface area contributed by atoms with Crippen molar-refractivity contribution in [3.63, 3.8) is 0 Å². The molecule has 0 aromatic heterocycles.